The second-order valence-corrected chi connectivity index (χ2v) is 7.23. The Morgan fingerprint density at radius 1 is 0.824 bits per heavy atom. The second kappa shape index (κ2) is 4.47. The molecule has 0 N–H and O–H groups in total. The molecule has 0 aliphatic carbocycles. The van der Waals surface area contributed by atoms with Crippen molar-refractivity contribution in [2.24, 2.45) is 0 Å². The molecule has 0 rings (SSSR count). The van der Waals surface area contributed by atoms with E-state index in [1.54, 1.807) is 0 Å². The number of rotatable bonds is 3. The fourth-order valence-electron chi connectivity index (χ4n) is 0.494. The molecule has 0 saturated heterocycles. The van der Waals surface area contributed by atoms with Gasteiger partial charge in [-0.1, -0.05) is 0 Å². The number of sulfonamides is 2. The first-order chi connectivity index (χ1) is 7.19. The van der Waals surface area contributed by atoms with Gasteiger partial charge >= 0.3 is 31.1 Å². The Hall–Kier alpha value is -0.210. The van der Waals surface area contributed by atoms with Gasteiger partial charge in [0.15, 0.2) is 0 Å². The molecule has 0 spiro atoms. The van der Waals surface area contributed by atoms with Crippen LogP contribution in [-0.4, -0.2) is 37.2 Å². The first-order valence-corrected chi connectivity index (χ1v) is 7.23. The van der Waals surface area contributed by atoms with Gasteiger partial charge in [0.2, 0.25) is 0 Å². The molecule has 0 aliphatic heterocycles. The molecule has 0 radical (unpaired) electrons. The van der Waals surface area contributed by atoms with Crippen LogP contribution in [0, 0.1) is 0 Å². The van der Waals surface area contributed by atoms with Crippen LogP contribution in [0.4, 0.5) is 26.3 Å². The van der Waals surface area contributed by atoms with Crippen molar-refractivity contribution >= 4 is 32.0 Å². The van der Waals surface area contributed by atoms with Crippen LogP contribution >= 0.6 is 11.9 Å². The molecule has 14 heteroatoms. The quantitative estimate of drug-likeness (QED) is 0.576. The standard InChI is InChI=1S/C3H3F6NO4S3/c1-15-10(16(11,12)2(4,5)6)17(13,14)3(7,8)9/h1H3. The summed E-state index contributed by atoms with van der Waals surface area (Å²) in [6.07, 6.45) is 0.437. The van der Waals surface area contributed by atoms with Crippen molar-refractivity contribution in [3.8, 4) is 0 Å². The normalized spacial score (nSPS) is 15.3. The Bertz CT molecular complexity index is 430. The van der Waals surface area contributed by atoms with E-state index in [4.69, 9.17) is 0 Å². The van der Waals surface area contributed by atoms with Crippen LogP contribution in [0.15, 0.2) is 0 Å². The fraction of sp³-hybridized carbons (Fsp3) is 1.00. The highest BCUT2D eigenvalue weighted by atomic mass is 32.3. The van der Waals surface area contributed by atoms with Crippen molar-refractivity contribution in [2.75, 3.05) is 6.26 Å². The summed E-state index contributed by atoms with van der Waals surface area (Å²) < 4.78 is 112. The van der Waals surface area contributed by atoms with Crippen LogP contribution in [0.3, 0.4) is 0 Å². The van der Waals surface area contributed by atoms with Crippen molar-refractivity contribution in [3.63, 3.8) is 0 Å². The number of hydrogen-bond acceptors (Lipinski definition) is 5. The van der Waals surface area contributed by atoms with E-state index in [0.717, 1.165) is 0 Å². The van der Waals surface area contributed by atoms with Gasteiger partial charge in [0, 0.05) is 0 Å². The SMILES string of the molecule is CSN(S(=O)(=O)C(F)(F)F)S(=O)(=O)C(F)(F)F. The summed E-state index contributed by atoms with van der Waals surface area (Å²) in [5, 5.41) is 0. The van der Waals surface area contributed by atoms with E-state index in [1.807, 2.05) is 0 Å². The molecule has 0 aromatic rings. The van der Waals surface area contributed by atoms with E-state index >= 15 is 0 Å². The van der Waals surface area contributed by atoms with Gasteiger partial charge in [0.1, 0.15) is 0 Å². The van der Waals surface area contributed by atoms with Crippen LogP contribution in [0.5, 0.6) is 0 Å². The van der Waals surface area contributed by atoms with E-state index in [1.165, 1.54) is 0 Å². The van der Waals surface area contributed by atoms with Gasteiger partial charge in [-0.3, -0.25) is 0 Å². The summed E-state index contributed by atoms with van der Waals surface area (Å²) in [5.74, 6) is 0. The maximum Gasteiger partial charge on any atom is 0.513 e. The van der Waals surface area contributed by atoms with Crippen molar-refractivity contribution < 1.29 is 43.2 Å². The van der Waals surface area contributed by atoms with Gasteiger partial charge in [0.25, 0.3) is 0 Å². The Morgan fingerprint density at radius 3 is 1.18 bits per heavy atom. The highest BCUT2D eigenvalue weighted by molar-refractivity contribution is 8.20. The fourth-order valence-corrected chi connectivity index (χ4v) is 4.45. The molecule has 104 valence electrons. The molecular weight excluding hydrogens is 324 g/mol. The molecular formula is C3H3F6NO4S3. The van der Waals surface area contributed by atoms with Gasteiger partial charge in [0.05, 0.1) is 0 Å². The lowest BCUT2D eigenvalue weighted by atomic mass is 11.6. The van der Waals surface area contributed by atoms with Gasteiger partial charge in [-0.25, -0.2) is 16.8 Å². The van der Waals surface area contributed by atoms with E-state index < -0.39 is 46.1 Å². The Labute approximate surface area is 96.0 Å². The summed E-state index contributed by atoms with van der Waals surface area (Å²) in [5.41, 5.74) is -12.3. The molecule has 0 aliphatic rings. The molecule has 17 heavy (non-hydrogen) atoms. The minimum Gasteiger partial charge on any atom is -0.201 e. The summed E-state index contributed by atoms with van der Waals surface area (Å²) in [7, 11) is -13.3. The van der Waals surface area contributed by atoms with E-state index in [0.29, 0.717) is 6.26 Å². The molecule has 0 saturated carbocycles. The van der Waals surface area contributed by atoms with Crippen molar-refractivity contribution in [1.29, 1.82) is 0 Å². The Morgan fingerprint density at radius 2 is 1.06 bits per heavy atom. The van der Waals surface area contributed by atoms with Crippen LogP contribution < -0.4 is 0 Å². The average Bonchev–Trinajstić information content (AvgIpc) is 1.99. The maximum absolute atomic E-state index is 11.9. The topological polar surface area (TPSA) is 71.5 Å². The molecule has 0 aromatic heterocycles. The molecule has 0 amide bonds. The number of halogens is 6. The minimum absolute atomic E-state index is 0.437. The van der Waals surface area contributed by atoms with Crippen LogP contribution in [0.25, 0.3) is 0 Å². The molecule has 0 aromatic carbocycles. The summed E-state index contributed by atoms with van der Waals surface area (Å²) in [6.45, 7) is 0. The average molecular weight is 327 g/mol. The minimum atomic E-state index is -6.64. The van der Waals surface area contributed by atoms with Gasteiger partial charge in [-0.15, -0.1) is 0 Å². The zero-order valence-electron chi connectivity index (χ0n) is 7.57. The number of alkyl halides is 6. The van der Waals surface area contributed by atoms with E-state index in [2.05, 4.69) is 0 Å². The number of nitrogens with zero attached hydrogens (tertiary/aromatic N) is 1. The lowest BCUT2D eigenvalue weighted by molar-refractivity contribution is -0.0503. The third-order valence-corrected chi connectivity index (χ3v) is 6.63. The Kier molecular flexibility index (Phi) is 4.42. The van der Waals surface area contributed by atoms with Crippen molar-refractivity contribution in [3.05, 3.63) is 0 Å². The van der Waals surface area contributed by atoms with Crippen molar-refractivity contribution in [1.82, 2.24) is 3.12 Å². The van der Waals surface area contributed by atoms with Crippen LogP contribution in [0.1, 0.15) is 0 Å². The third kappa shape index (κ3) is 2.97. The lowest BCUT2D eigenvalue weighted by Crippen LogP contribution is -2.45. The van der Waals surface area contributed by atoms with Crippen molar-refractivity contribution in [2.45, 2.75) is 11.0 Å². The zero-order valence-corrected chi connectivity index (χ0v) is 10.0. The summed E-state index contributed by atoms with van der Waals surface area (Å²) in [6, 6.07) is 0. The molecule has 0 atom stereocenters. The van der Waals surface area contributed by atoms with Gasteiger partial charge in [-0.05, 0) is 21.3 Å². The van der Waals surface area contributed by atoms with E-state index in [9.17, 15) is 43.2 Å². The zero-order chi connectivity index (χ0) is 14.3. The third-order valence-electron chi connectivity index (χ3n) is 1.13. The highest BCUT2D eigenvalue weighted by Gasteiger charge is 2.61. The smallest absolute Gasteiger partial charge is 0.201 e. The first kappa shape index (κ1) is 16.8. The maximum atomic E-state index is 11.9. The van der Waals surface area contributed by atoms with Crippen LogP contribution in [0.2, 0.25) is 0 Å². The first-order valence-electron chi connectivity index (χ1n) is 3.16. The predicted octanol–water partition coefficient (Wildman–Crippen LogP) is 1.27. The Balaban J connectivity index is 5.90. The second-order valence-electron chi connectivity index (χ2n) is 2.25. The summed E-state index contributed by atoms with van der Waals surface area (Å²) >= 11 is -0.745. The number of hydrogen-bond donors (Lipinski definition) is 0. The monoisotopic (exact) mass is 327 g/mol. The molecule has 0 fully saturated rings. The van der Waals surface area contributed by atoms with Gasteiger partial charge in [-0.2, -0.15) is 26.3 Å². The molecule has 0 bridgehead atoms. The van der Waals surface area contributed by atoms with Crippen LogP contribution in [-0.2, 0) is 20.0 Å². The largest absolute Gasteiger partial charge is 0.513 e. The molecule has 0 heterocycles. The lowest BCUT2D eigenvalue weighted by Gasteiger charge is -2.21. The van der Waals surface area contributed by atoms with E-state index in [-0.39, 0.29) is 0 Å². The summed E-state index contributed by atoms with van der Waals surface area (Å²) in [4.78, 5) is 0. The predicted molar refractivity (Wildman–Crippen MR) is 45.3 cm³/mol. The molecule has 0 unspecified atom stereocenters. The highest BCUT2D eigenvalue weighted by Crippen LogP contribution is 2.38. The molecule has 5 nitrogen and oxygen atoms in total. The van der Waals surface area contributed by atoms with Gasteiger partial charge < -0.3 is 0 Å².